The molecule has 0 saturated heterocycles. The molecule has 2 aromatic heterocycles. The summed E-state index contributed by atoms with van der Waals surface area (Å²) in [6.45, 7) is 0. The molecule has 3 aromatic rings. The first-order valence-electron chi connectivity index (χ1n) is 8.89. The van der Waals surface area contributed by atoms with Crippen molar-refractivity contribution in [2.45, 2.75) is 0 Å². The van der Waals surface area contributed by atoms with E-state index in [4.69, 9.17) is 11.6 Å². The number of amides is 2. The van der Waals surface area contributed by atoms with E-state index < -0.39 is 15.9 Å². The van der Waals surface area contributed by atoms with Gasteiger partial charge in [-0.1, -0.05) is 11.6 Å². The van der Waals surface area contributed by atoms with E-state index in [1.165, 1.54) is 34.4 Å². The summed E-state index contributed by atoms with van der Waals surface area (Å²) in [6.07, 6.45) is 2.60. The third-order valence-electron chi connectivity index (χ3n) is 4.00. The third kappa shape index (κ3) is 5.81. The molecule has 0 unspecified atom stereocenters. The van der Waals surface area contributed by atoms with Crippen LogP contribution in [0.4, 0.5) is 11.4 Å². The van der Waals surface area contributed by atoms with Crippen LogP contribution in [0.1, 0.15) is 20.0 Å². The van der Waals surface area contributed by atoms with Crippen molar-refractivity contribution in [3.8, 4) is 11.3 Å². The van der Waals surface area contributed by atoms with Gasteiger partial charge in [-0.2, -0.15) is 0 Å². The lowest BCUT2D eigenvalue weighted by Gasteiger charge is -2.12. The van der Waals surface area contributed by atoms with Gasteiger partial charge >= 0.3 is 0 Å². The molecule has 1 aromatic carbocycles. The summed E-state index contributed by atoms with van der Waals surface area (Å²) < 4.78 is 25.2. The molecule has 2 amide bonds. The molecular weight excluding hydrogens is 460 g/mol. The predicted molar refractivity (Wildman–Crippen MR) is 123 cm³/mol. The van der Waals surface area contributed by atoms with E-state index in [0.29, 0.717) is 27.4 Å². The Balaban J connectivity index is 1.85. The van der Waals surface area contributed by atoms with Gasteiger partial charge in [-0.05, 0) is 36.4 Å². The Kier molecular flexibility index (Phi) is 6.63. The SMILES string of the molecule is CN(C)C(=O)c1cccnc1-c1csc(C(=O)Nc2cc(Cl)cc(NS(C)(=O)=O)c2)c1. The van der Waals surface area contributed by atoms with Crippen molar-refractivity contribution < 1.29 is 18.0 Å². The number of aromatic nitrogens is 1. The van der Waals surface area contributed by atoms with Gasteiger partial charge in [0.25, 0.3) is 11.8 Å². The zero-order valence-electron chi connectivity index (χ0n) is 16.8. The molecule has 0 atom stereocenters. The van der Waals surface area contributed by atoms with E-state index in [9.17, 15) is 18.0 Å². The van der Waals surface area contributed by atoms with E-state index in [1.54, 1.807) is 43.9 Å². The van der Waals surface area contributed by atoms with E-state index in [2.05, 4.69) is 15.0 Å². The first-order valence-corrected chi connectivity index (χ1v) is 12.0. The highest BCUT2D eigenvalue weighted by atomic mass is 35.5. The predicted octanol–water partition coefficient (Wildman–Crippen LogP) is 3.79. The number of rotatable bonds is 6. The molecule has 31 heavy (non-hydrogen) atoms. The zero-order valence-corrected chi connectivity index (χ0v) is 19.2. The lowest BCUT2D eigenvalue weighted by Crippen LogP contribution is -2.22. The highest BCUT2D eigenvalue weighted by molar-refractivity contribution is 7.92. The fourth-order valence-corrected chi connectivity index (χ4v) is 4.32. The summed E-state index contributed by atoms with van der Waals surface area (Å²) in [4.78, 5) is 31.3. The lowest BCUT2D eigenvalue weighted by atomic mass is 10.1. The maximum atomic E-state index is 12.7. The number of carbonyl (C=O) groups is 2. The van der Waals surface area contributed by atoms with Gasteiger partial charge in [-0.25, -0.2) is 8.42 Å². The topological polar surface area (TPSA) is 108 Å². The molecule has 0 bridgehead atoms. The maximum Gasteiger partial charge on any atom is 0.265 e. The van der Waals surface area contributed by atoms with Gasteiger partial charge in [0.1, 0.15) is 0 Å². The molecule has 2 N–H and O–H groups in total. The second-order valence-corrected chi connectivity index (χ2v) is 9.95. The Morgan fingerprint density at radius 2 is 1.84 bits per heavy atom. The van der Waals surface area contributed by atoms with E-state index >= 15 is 0 Å². The number of anilines is 2. The molecule has 0 aliphatic rings. The van der Waals surface area contributed by atoms with Crippen LogP contribution in [0.5, 0.6) is 0 Å². The van der Waals surface area contributed by atoms with Gasteiger partial charge in [0.15, 0.2) is 0 Å². The minimum absolute atomic E-state index is 0.190. The third-order valence-corrected chi connectivity index (χ3v) is 5.75. The number of hydrogen-bond acceptors (Lipinski definition) is 6. The van der Waals surface area contributed by atoms with Gasteiger partial charge < -0.3 is 10.2 Å². The standard InChI is InChI=1S/C20H19ClN4O4S2/c1-25(2)20(27)16-5-4-6-22-18(16)12-7-17(30-11-12)19(26)23-14-8-13(21)9-15(10-14)24-31(3,28)29/h4-11,24H,1-3H3,(H,23,26). The number of nitrogens with one attached hydrogen (secondary N) is 2. The van der Waals surface area contributed by atoms with Crippen LogP contribution in [0.15, 0.2) is 48.0 Å². The molecular formula is C20H19ClN4O4S2. The fourth-order valence-electron chi connectivity index (χ4n) is 2.76. The van der Waals surface area contributed by atoms with E-state index in [0.717, 1.165) is 6.26 Å². The highest BCUT2D eigenvalue weighted by Gasteiger charge is 2.18. The molecule has 0 aliphatic heterocycles. The Labute approximate surface area is 188 Å². The van der Waals surface area contributed by atoms with Gasteiger partial charge in [-0.3, -0.25) is 19.3 Å². The Bertz CT molecular complexity index is 1260. The first kappa shape index (κ1) is 22.7. The second kappa shape index (κ2) is 9.04. The summed E-state index contributed by atoms with van der Waals surface area (Å²) in [6, 6.07) is 9.42. The van der Waals surface area contributed by atoms with Crippen molar-refractivity contribution in [2.24, 2.45) is 0 Å². The molecule has 11 heteroatoms. The van der Waals surface area contributed by atoms with Gasteiger partial charge in [0.05, 0.1) is 28.1 Å². The van der Waals surface area contributed by atoms with Crippen LogP contribution in [-0.4, -0.2) is 50.5 Å². The van der Waals surface area contributed by atoms with Crippen LogP contribution in [0.2, 0.25) is 5.02 Å². The van der Waals surface area contributed by atoms with Crippen molar-refractivity contribution in [3.05, 3.63) is 63.4 Å². The molecule has 0 aliphatic carbocycles. The number of nitrogens with zero attached hydrogens (tertiary/aromatic N) is 2. The summed E-state index contributed by atoms with van der Waals surface area (Å²) in [7, 11) is -0.181. The minimum atomic E-state index is -3.49. The highest BCUT2D eigenvalue weighted by Crippen LogP contribution is 2.29. The van der Waals surface area contributed by atoms with Crippen molar-refractivity contribution in [1.29, 1.82) is 0 Å². The monoisotopic (exact) mass is 478 g/mol. The maximum absolute atomic E-state index is 12.7. The Morgan fingerprint density at radius 3 is 2.52 bits per heavy atom. The van der Waals surface area contributed by atoms with E-state index in [-0.39, 0.29) is 16.6 Å². The average molecular weight is 479 g/mol. The molecule has 162 valence electrons. The molecule has 0 fully saturated rings. The van der Waals surface area contributed by atoms with Gasteiger partial charge in [0.2, 0.25) is 10.0 Å². The van der Waals surface area contributed by atoms with Crippen molar-refractivity contribution >= 4 is 56.2 Å². The van der Waals surface area contributed by atoms with Crippen LogP contribution in [-0.2, 0) is 10.0 Å². The molecule has 3 rings (SSSR count). The smallest absolute Gasteiger partial charge is 0.265 e. The zero-order chi connectivity index (χ0) is 22.8. The molecule has 0 saturated carbocycles. The van der Waals surface area contributed by atoms with Crippen LogP contribution < -0.4 is 10.0 Å². The summed E-state index contributed by atoms with van der Waals surface area (Å²) in [5, 5.41) is 4.71. The van der Waals surface area contributed by atoms with E-state index in [1.807, 2.05) is 0 Å². The average Bonchev–Trinajstić information content (AvgIpc) is 3.15. The van der Waals surface area contributed by atoms with Crippen molar-refractivity contribution in [3.63, 3.8) is 0 Å². The largest absolute Gasteiger partial charge is 0.345 e. The van der Waals surface area contributed by atoms with Crippen LogP contribution in [0.25, 0.3) is 11.3 Å². The number of benzene rings is 1. The number of carbonyl (C=O) groups excluding carboxylic acids is 2. The van der Waals surface area contributed by atoms with Crippen LogP contribution in [0.3, 0.4) is 0 Å². The lowest BCUT2D eigenvalue weighted by molar-refractivity contribution is 0.0827. The van der Waals surface area contributed by atoms with Gasteiger partial charge in [-0.15, -0.1) is 11.3 Å². The molecule has 0 radical (unpaired) electrons. The first-order chi connectivity index (χ1) is 14.5. The number of thiophene rings is 1. The Hall–Kier alpha value is -2.95. The van der Waals surface area contributed by atoms with Crippen molar-refractivity contribution in [2.75, 3.05) is 30.4 Å². The second-order valence-electron chi connectivity index (χ2n) is 6.86. The molecule has 0 spiro atoms. The summed E-state index contributed by atoms with van der Waals surface area (Å²) >= 11 is 7.23. The van der Waals surface area contributed by atoms with Crippen LogP contribution in [0, 0.1) is 0 Å². The molecule has 2 heterocycles. The normalized spacial score (nSPS) is 11.1. The summed E-state index contributed by atoms with van der Waals surface area (Å²) in [5.74, 6) is -0.592. The fraction of sp³-hybridized carbons (Fsp3) is 0.150. The number of pyridine rings is 1. The minimum Gasteiger partial charge on any atom is -0.345 e. The summed E-state index contributed by atoms with van der Waals surface area (Å²) in [5.41, 5.74) is 2.13. The Morgan fingerprint density at radius 1 is 1.13 bits per heavy atom. The van der Waals surface area contributed by atoms with Crippen LogP contribution >= 0.6 is 22.9 Å². The molecule has 8 nitrogen and oxygen atoms in total. The van der Waals surface area contributed by atoms with Crippen molar-refractivity contribution in [1.82, 2.24) is 9.88 Å². The number of sulfonamides is 1. The van der Waals surface area contributed by atoms with Gasteiger partial charge in [0, 0.05) is 41.9 Å². The quantitative estimate of drug-likeness (QED) is 0.560. The number of halogens is 1. The number of hydrogen-bond donors (Lipinski definition) is 2.